The summed E-state index contributed by atoms with van der Waals surface area (Å²) in [6.07, 6.45) is 3.11. The van der Waals surface area contributed by atoms with Crippen LogP contribution in [0.2, 0.25) is 0 Å². The molecule has 34 heavy (non-hydrogen) atoms. The zero-order valence-corrected chi connectivity index (χ0v) is 20.0. The third-order valence-electron chi connectivity index (χ3n) is 6.44. The lowest BCUT2D eigenvalue weighted by molar-refractivity contribution is -0.121. The van der Waals surface area contributed by atoms with E-state index in [1.54, 1.807) is 36.4 Å². The summed E-state index contributed by atoms with van der Waals surface area (Å²) in [6.45, 7) is 2.96. The summed E-state index contributed by atoms with van der Waals surface area (Å²) in [5.74, 6) is -0.0534. The van der Waals surface area contributed by atoms with Crippen molar-refractivity contribution < 1.29 is 18.0 Å². The van der Waals surface area contributed by atoms with Gasteiger partial charge in [0.25, 0.3) is 0 Å². The number of nitriles is 1. The monoisotopic (exact) mass is 480 g/mol. The lowest BCUT2D eigenvalue weighted by atomic mass is 10.0. The molecule has 0 aromatic heterocycles. The summed E-state index contributed by atoms with van der Waals surface area (Å²) in [4.78, 5) is 27.2. The van der Waals surface area contributed by atoms with E-state index in [4.69, 9.17) is 5.26 Å². The summed E-state index contributed by atoms with van der Waals surface area (Å²) in [7, 11) is -3.61. The van der Waals surface area contributed by atoms with Crippen LogP contribution in [0.3, 0.4) is 0 Å². The Kier molecular flexibility index (Phi) is 7.00. The fourth-order valence-electron chi connectivity index (χ4n) is 4.44. The van der Waals surface area contributed by atoms with Gasteiger partial charge in [0.05, 0.1) is 16.5 Å². The molecule has 2 aromatic carbocycles. The molecule has 0 aliphatic carbocycles. The van der Waals surface area contributed by atoms with Crippen LogP contribution in [0.1, 0.15) is 43.7 Å². The van der Waals surface area contributed by atoms with E-state index >= 15 is 0 Å². The van der Waals surface area contributed by atoms with Gasteiger partial charge >= 0.3 is 0 Å². The van der Waals surface area contributed by atoms with Crippen molar-refractivity contribution in [3.8, 4) is 6.07 Å². The molecule has 2 heterocycles. The normalized spacial score (nSPS) is 17.5. The van der Waals surface area contributed by atoms with E-state index in [1.165, 1.54) is 15.3 Å². The Bertz CT molecular complexity index is 1240. The van der Waals surface area contributed by atoms with Gasteiger partial charge in [0.1, 0.15) is 6.54 Å². The van der Waals surface area contributed by atoms with Crippen LogP contribution in [0, 0.1) is 17.2 Å². The molecule has 1 N–H and O–H groups in total. The number of nitrogens with one attached hydrogen (secondary N) is 1. The lowest BCUT2D eigenvalue weighted by Crippen LogP contribution is -2.38. The van der Waals surface area contributed by atoms with E-state index < -0.39 is 15.9 Å². The van der Waals surface area contributed by atoms with Gasteiger partial charge in [0.2, 0.25) is 21.8 Å². The van der Waals surface area contributed by atoms with Crippen molar-refractivity contribution in [1.82, 2.24) is 4.31 Å². The number of anilines is 2. The van der Waals surface area contributed by atoms with Crippen LogP contribution in [-0.2, 0) is 26.0 Å². The Balaban J connectivity index is 1.56. The Morgan fingerprint density at radius 1 is 1.15 bits per heavy atom. The molecule has 8 nitrogen and oxygen atoms in total. The topological polar surface area (TPSA) is 111 Å². The molecule has 2 aromatic rings. The first-order chi connectivity index (χ1) is 16.3. The Labute approximate surface area is 200 Å². The van der Waals surface area contributed by atoms with Gasteiger partial charge in [-0.2, -0.15) is 9.57 Å². The Morgan fingerprint density at radius 2 is 1.91 bits per heavy atom. The highest BCUT2D eigenvalue weighted by atomic mass is 32.2. The maximum atomic E-state index is 13.2. The molecule has 9 heteroatoms. The second-order valence-electron chi connectivity index (χ2n) is 8.95. The van der Waals surface area contributed by atoms with Crippen molar-refractivity contribution in [3.05, 3.63) is 53.6 Å². The van der Waals surface area contributed by atoms with Crippen LogP contribution >= 0.6 is 0 Å². The molecule has 4 rings (SSSR count). The molecule has 1 saturated heterocycles. The van der Waals surface area contributed by atoms with Crippen molar-refractivity contribution >= 4 is 33.2 Å². The second-order valence-corrected chi connectivity index (χ2v) is 10.9. The number of fused-ring (bicyclic) bond motifs is 1. The summed E-state index contributed by atoms with van der Waals surface area (Å²) < 4.78 is 27.9. The summed E-state index contributed by atoms with van der Waals surface area (Å²) in [5, 5.41) is 11.8. The fraction of sp³-hybridized carbons (Fsp3) is 0.400. The van der Waals surface area contributed by atoms with Gasteiger partial charge < -0.3 is 10.2 Å². The minimum Gasteiger partial charge on any atom is -0.324 e. The van der Waals surface area contributed by atoms with Gasteiger partial charge in [-0.15, -0.1) is 0 Å². The predicted octanol–water partition coefficient (Wildman–Crippen LogP) is 3.29. The van der Waals surface area contributed by atoms with Crippen molar-refractivity contribution in [2.24, 2.45) is 5.92 Å². The molecule has 0 bridgehead atoms. The van der Waals surface area contributed by atoms with E-state index in [1.807, 2.05) is 6.07 Å². The van der Waals surface area contributed by atoms with Gasteiger partial charge in [0.15, 0.2) is 0 Å². The van der Waals surface area contributed by atoms with Crippen molar-refractivity contribution in [1.29, 1.82) is 5.26 Å². The highest BCUT2D eigenvalue weighted by molar-refractivity contribution is 7.89. The average molecular weight is 481 g/mol. The van der Waals surface area contributed by atoms with Gasteiger partial charge in [-0.3, -0.25) is 9.59 Å². The Hall–Kier alpha value is -3.22. The molecule has 0 radical (unpaired) electrons. The van der Waals surface area contributed by atoms with Gasteiger partial charge in [-0.25, -0.2) is 8.42 Å². The van der Waals surface area contributed by atoms with Crippen LogP contribution in [0.5, 0.6) is 0 Å². The van der Waals surface area contributed by atoms with Crippen molar-refractivity contribution in [2.45, 2.75) is 43.9 Å². The summed E-state index contributed by atoms with van der Waals surface area (Å²) in [6, 6.07) is 13.4. The number of nitrogens with zero attached hydrogens (tertiary/aromatic N) is 3. The number of benzene rings is 2. The molecule has 0 saturated carbocycles. The average Bonchev–Trinajstić information content (AvgIpc) is 2.97. The first-order valence-corrected chi connectivity index (χ1v) is 13.0. The quantitative estimate of drug-likeness (QED) is 0.706. The van der Waals surface area contributed by atoms with Gasteiger partial charge in [-0.05, 0) is 73.6 Å². The molecule has 2 aliphatic rings. The van der Waals surface area contributed by atoms with E-state index in [9.17, 15) is 18.0 Å². The number of rotatable bonds is 5. The number of hydrogen-bond donors (Lipinski definition) is 1. The first-order valence-electron chi connectivity index (χ1n) is 11.5. The standard InChI is InChI=1S/C25H28N4O4S/c1-18-10-12-28(13-11-18)34(32,33)22-8-9-23-20(15-22)5-3-7-25(31)29(23)17-24(30)27-21-6-2-4-19(14-21)16-26/h2,4,6,8-9,14-15,18H,3,5,7,10-13,17H2,1H3,(H,27,30). The predicted molar refractivity (Wildman–Crippen MR) is 129 cm³/mol. The SMILES string of the molecule is CC1CCN(S(=O)(=O)c2ccc3c(c2)CCCC(=O)N3CC(=O)Nc2cccc(C#N)c2)CC1. The molecular formula is C25H28N4O4S. The zero-order chi connectivity index (χ0) is 24.3. The largest absolute Gasteiger partial charge is 0.324 e. The number of aryl methyl sites for hydroxylation is 1. The minimum absolute atomic E-state index is 0.180. The van der Waals surface area contributed by atoms with Crippen LogP contribution < -0.4 is 10.2 Å². The number of sulfonamides is 1. The number of carbonyl (C=O) groups is 2. The maximum absolute atomic E-state index is 13.2. The third kappa shape index (κ3) is 5.13. The summed E-state index contributed by atoms with van der Waals surface area (Å²) in [5.41, 5.74) is 2.21. The third-order valence-corrected chi connectivity index (χ3v) is 8.33. The molecule has 2 amide bonds. The van der Waals surface area contributed by atoms with E-state index in [-0.39, 0.29) is 23.8 Å². The second kappa shape index (κ2) is 9.95. The van der Waals surface area contributed by atoms with Crippen LogP contribution in [0.4, 0.5) is 11.4 Å². The van der Waals surface area contributed by atoms with Crippen molar-refractivity contribution in [2.75, 3.05) is 29.9 Å². The van der Waals surface area contributed by atoms with E-state index in [2.05, 4.69) is 12.2 Å². The highest BCUT2D eigenvalue weighted by Crippen LogP contribution is 2.31. The Morgan fingerprint density at radius 3 is 2.65 bits per heavy atom. The molecule has 1 fully saturated rings. The molecular weight excluding hydrogens is 452 g/mol. The number of hydrogen-bond acceptors (Lipinski definition) is 5. The van der Waals surface area contributed by atoms with Crippen LogP contribution in [0.25, 0.3) is 0 Å². The molecule has 0 atom stereocenters. The highest BCUT2D eigenvalue weighted by Gasteiger charge is 2.30. The fourth-order valence-corrected chi connectivity index (χ4v) is 5.96. The smallest absolute Gasteiger partial charge is 0.244 e. The first kappa shape index (κ1) is 23.9. The zero-order valence-electron chi connectivity index (χ0n) is 19.2. The molecule has 2 aliphatic heterocycles. The van der Waals surface area contributed by atoms with Crippen LogP contribution in [0.15, 0.2) is 47.4 Å². The van der Waals surface area contributed by atoms with E-state index in [0.717, 1.165) is 18.4 Å². The molecule has 178 valence electrons. The number of amides is 2. The molecule has 0 spiro atoms. The van der Waals surface area contributed by atoms with Crippen LogP contribution in [-0.4, -0.2) is 44.2 Å². The minimum atomic E-state index is -3.61. The van der Waals surface area contributed by atoms with Gasteiger partial charge in [-0.1, -0.05) is 13.0 Å². The molecule has 0 unspecified atom stereocenters. The number of piperidine rings is 1. The lowest BCUT2D eigenvalue weighted by Gasteiger charge is -2.30. The van der Waals surface area contributed by atoms with Crippen molar-refractivity contribution in [3.63, 3.8) is 0 Å². The number of carbonyl (C=O) groups excluding carboxylic acids is 2. The maximum Gasteiger partial charge on any atom is 0.244 e. The van der Waals surface area contributed by atoms with E-state index in [0.29, 0.717) is 48.8 Å². The van der Waals surface area contributed by atoms with Gasteiger partial charge in [0, 0.05) is 30.9 Å². The summed E-state index contributed by atoms with van der Waals surface area (Å²) >= 11 is 0.